The molecule has 0 unspecified atom stereocenters. The topological polar surface area (TPSA) is 70.0 Å². The number of aryl methyl sites for hydroxylation is 1. The Balaban J connectivity index is 2.30. The number of rotatable bonds is 4. The molecule has 0 radical (unpaired) electrons. The van der Waals surface area contributed by atoms with Gasteiger partial charge in [-0.15, -0.1) is 0 Å². The van der Waals surface area contributed by atoms with Crippen molar-refractivity contribution >= 4 is 23.3 Å². The van der Waals surface area contributed by atoms with Crippen molar-refractivity contribution in [1.82, 2.24) is 0 Å². The number of carbonyl (C=O) groups excluding carboxylic acids is 1. The van der Waals surface area contributed by atoms with E-state index in [9.17, 15) is 9.59 Å². The first kappa shape index (κ1) is 12.3. The summed E-state index contributed by atoms with van der Waals surface area (Å²) in [6.07, 6.45) is 0.699. The second-order valence-electron chi connectivity index (χ2n) is 4.10. The number of carboxylic acids is 1. The molecule has 0 bridgehead atoms. The van der Waals surface area contributed by atoms with E-state index in [2.05, 4.69) is 5.10 Å². The zero-order valence-electron chi connectivity index (χ0n) is 10.1. The molecule has 0 aliphatic carbocycles. The number of hydrogen-bond acceptors (Lipinski definition) is 3. The fourth-order valence-corrected chi connectivity index (χ4v) is 1.96. The van der Waals surface area contributed by atoms with E-state index in [-0.39, 0.29) is 18.7 Å². The van der Waals surface area contributed by atoms with Gasteiger partial charge in [0, 0.05) is 0 Å². The van der Waals surface area contributed by atoms with Crippen LogP contribution in [0.1, 0.15) is 25.3 Å². The van der Waals surface area contributed by atoms with Gasteiger partial charge in [0.15, 0.2) is 0 Å². The van der Waals surface area contributed by atoms with Crippen molar-refractivity contribution in [3.05, 3.63) is 29.8 Å². The van der Waals surface area contributed by atoms with Crippen LogP contribution in [0.15, 0.2) is 29.4 Å². The predicted octanol–water partition coefficient (Wildman–Crippen LogP) is 1.82. The normalized spacial score (nSPS) is 14.8. The van der Waals surface area contributed by atoms with E-state index in [1.54, 1.807) is 0 Å². The maximum Gasteiger partial charge on any atom is 0.309 e. The van der Waals surface area contributed by atoms with Crippen LogP contribution in [0.5, 0.6) is 0 Å². The molecule has 1 N–H and O–H groups in total. The van der Waals surface area contributed by atoms with E-state index in [0.29, 0.717) is 5.71 Å². The number of carboxylic acid groups (broad SMARTS) is 1. The molecule has 1 aromatic carbocycles. The number of hydrogen-bond donors (Lipinski definition) is 1. The zero-order chi connectivity index (χ0) is 13.1. The Kier molecular flexibility index (Phi) is 3.41. The Bertz CT molecular complexity index is 523. The molecule has 0 saturated heterocycles. The molecule has 1 amide bonds. The molecule has 1 heterocycles. The van der Waals surface area contributed by atoms with Gasteiger partial charge in [-0.2, -0.15) is 5.10 Å². The van der Waals surface area contributed by atoms with E-state index < -0.39 is 5.97 Å². The number of benzene rings is 1. The summed E-state index contributed by atoms with van der Waals surface area (Å²) in [4.78, 5) is 22.5. The van der Waals surface area contributed by atoms with Crippen LogP contribution in [-0.4, -0.2) is 22.7 Å². The highest BCUT2D eigenvalue weighted by Crippen LogP contribution is 2.25. The summed E-state index contributed by atoms with van der Waals surface area (Å²) in [7, 11) is 0. The Hall–Kier alpha value is -2.17. The summed E-state index contributed by atoms with van der Waals surface area (Å²) in [5.41, 5.74) is 2.16. The monoisotopic (exact) mass is 246 g/mol. The van der Waals surface area contributed by atoms with Gasteiger partial charge in [-0.3, -0.25) is 9.59 Å². The third-order valence-corrected chi connectivity index (χ3v) is 2.79. The highest BCUT2D eigenvalue weighted by Gasteiger charge is 2.27. The van der Waals surface area contributed by atoms with Crippen molar-refractivity contribution in [3.8, 4) is 0 Å². The summed E-state index contributed by atoms with van der Waals surface area (Å²) in [5.74, 6) is -1.14. The third kappa shape index (κ3) is 2.40. The van der Waals surface area contributed by atoms with Gasteiger partial charge in [-0.05, 0) is 18.1 Å². The molecule has 0 fully saturated rings. The Morgan fingerprint density at radius 1 is 1.44 bits per heavy atom. The molecule has 1 aliphatic rings. The molecule has 1 aliphatic heterocycles. The summed E-state index contributed by atoms with van der Waals surface area (Å²) in [5, 5.41) is 14.1. The minimum Gasteiger partial charge on any atom is -0.481 e. The van der Waals surface area contributed by atoms with Gasteiger partial charge in [0.2, 0.25) is 0 Å². The van der Waals surface area contributed by atoms with Crippen molar-refractivity contribution in [2.24, 2.45) is 5.10 Å². The van der Waals surface area contributed by atoms with Gasteiger partial charge in [0.25, 0.3) is 5.91 Å². The molecule has 94 valence electrons. The first-order valence-corrected chi connectivity index (χ1v) is 5.80. The number of hydrazone groups is 1. The van der Waals surface area contributed by atoms with E-state index in [0.717, 1.165) is 17.7 Å². The summed E-state index contributed by atoms with van der Waals surface area (Å²) in [6, 6.07) is 7.51. The van der Waals surface area contributed by atoms with Gasteiger partial charge in [-0.25, -0.2) is 5.01 Å². The van der Waals surface area contributed by atoms with Crippen LogP contribution in [0.2, 0.25) is 0 Å². The number of aliphatic carboxylic acids is 1. The lowest BCUT2D eigenvalue weighted by Crippen LogP contribution is -2.20. The predicted molar refractivity (Wildman–Crippen MR) is 67.6 cm³/mol. The van der Waals surface area contributed by atoms with Gasteiger partial charge >= 0.3 is 5.97 Å². The SMILES string of the molecule is CCc1ccccc1N1N=C(CC(=O)O)CC1=O. The average Bonchev–Trinajstić information content (AvgIpc) is 2.69. The third-order valence-electron chi connectivity index (χ3n) is 2.79. The van der Waals surface area contributed by atoms with Crippen LogP contribution in [0.4, 0.5) is 5.69 Å². The second-order valence-corrected chi connectivity index (χ2v) is 4.10. The quantitative estimate of drug-likeness (QED) is 0.880. The molecule has 0 atom stereocenters. The first-order chi connectivity index (χ1) is 8.61. The lowest BCUT2D eigenvalue weighted by molar-refractivity contribution is -0.135. The van der Waals surface area contributed by atoms with Crippen molar-refractivity contribution in [1.29, 1.82) is 0 Å². The molecule has 1 aromatic rings. The number of anilines is 1. The van der Waals surface area contributed by atoms with Gasteiger partial charge < -0.3 is 5.11 Å². The van der Waals surface area contributed by atoms with E-state index in [4.69, 9.17) is 5.11 Å². The Morgan fingerprint density at radius 3 is 2.83 bits per heavy atom. The summed E-state index contributed by atoms with van der Waals surface area (Å²) in [6.45, 7) is 2.00. The van der Waals surface area contributed by atoms with Crippen LogP contribution < -0.4 is 5.01 Å². The fraction of sp³-hybridized carbons (Fsp3) is 0.308. The molecule has 5 nitrogen and oxygen atoms in total. The molecule has 18 heavy (non-hydrogen) atoms. The number of nitrogens with zero attached hydrogens (tertiary/aromatic N) is 2. The van der Waals surface area contributed by atoms with Gasteiger partial charge in [-0.1, -0.05) is 25.1 Å². The highest BCUT2D eigenvalue weighted by molar-refractivity contribution is 6.16. The molecule has 0 aromatic heterocycles. The minimum atomic E-state index is -0.966. The van der Waals surface area contributed by atoms with Crippen molar-refractivity contribution in [2.45, 2.75) is 26.2 Å². The van der Waals surface area contributed by atoms with Crippen molar-refractivity contribution < 1.29 is 14.7 Å². The average molecular weight is 246 g/mol. The van der Waals surface area contributed by atoms with Gasteiger partial charge in [0.05, 0.1) is 24.2 Å². The molecule has 5 heteroatoms. The van der Waals surface area contributed by atoms with Crippen LogP contribution >= 0.6 is 0 Å². The summed E-state index contributed by atoms with van der Waals surface area (Å²) < 4.78 is 0. The largest absolute Gasteiger partial charge is 0.481 e. The lowest BCUT2D eigenvalue weighted by Gasteiger charge is -2.15. The van der Waals surface area contributed by atoms with Crippen LogP contribution in [0.3, 0.4) is 0 Å². The first-order valence-electron chi connectivity index (χ1n) is 5.80. The van der Waals surface area contributed by atoms with Crippen molar-refractivity contribution in [3.63, 3.8) is 0 Å². The van der Waals surface area contributed by atoms with E-state index in [1.165, 1.54) is 5.01 Å². The van der Waals surface area contributed by atoms with Crippen LogP contribution in [0.25, 0.3) is 0 Å². The number of amides is 1. The molecular formula is C13H14N2O3. The Labute approximate surface area is 105 Å². The highest BCUT2D eigenvalue weighted by atomic mass is 16.4. The molecular weight excluding hydrogens is 232 g/mol. The van der Waals surface area contributed by atoms with Gasteiger partial charge in [0.1, 0.15) is 0 Å². The van der Waals surface area contributed by atoms with Crippen LogP contribution in [0, 0.1) is 0 Å². The van der Waals surface area contributed by atoms with E-state index in [1.807, 2.05) is 31.2 Å². The van der Waals surface area contributed by atoms with Crippen molar-refractivity contribution in [2.75, 3.05) is 5.01 Å². The molecule has 0 spiro atoms. The molecule has 0 saturated carbocycles. The zero-order valence-corrected chi connectivity index (χ0v) is 10.1. The Morgan fingerprint density at radius 2 is 2.17 bits per heavy atom. The maximum absolute atomic E-state index is 11.9. The smallest absolute Gasteiger partial charge is 0.309 e. The lowest BCUT2D eigenvalue weighted by atomic mass is 10.1. The fourth-order valence-electron chi connectivity index (χ4n) is 1.96. The number of carbonyl (C=O) groups is 2. The standard InChI is InChI=1S/C13H14N2O3/c1-2-9-5-3-4-6-11(9)15-12(16)7-10(14-15)8-13(17)18/h3-6H,2,7-8H2,1H3,(H,17,18). The second kappa shape index (κ2) is 5.00. The number of para-hydroxylation sites is 1. The minimum absolute atomic E-state index is 0.0876. The molecule has 2 rings (SSSR count). The van der Waals surface area contributed by atoms with E-state index >= 15 is 0 Å². The van der Waals surface area contributed by atoms with Crippen LogP contribution in [-0.2, 0) is 16.0 Å². The summed E-state index contributed by atoms with van der Waals surface area (Å²) >= 11 is 0. The maximum atomic E-state index is 11.9.